The first-order valence-electron chi connectivity index (χ1n) is 10.8. The summed E-state index contributed by atoms with van der Waals surface area (Å²) in [6.45, 7) is 5.90. The molecular weight excluding hydrogens is 400 g/mol. The van der Waals surface area contributed by atoms with Crippen molar-refractivity contribution in [3.63, 3.8) is 0 Å². The number of hydrogen-bond donors (Lipinski definition) is 0. The Morgan fingerprint density at radius 2 is 1.90 bits per heavy atom. The fourth-order valence-corrected chi connectivity index (χ4v) is 3.40. The van der Waals surface area contributed by atoms with Crippen LogP contribution in [0.25, 0.3) is 0 Å². The van der Waals surface area contributed by atoms with Crippen molar-refractivity contribution in [3.05, 3.63) is 35.5 Å². The molecule has 3 rings (SSSR count). The third-order valence-corrected chi connectivity index (χ3v) is 5.10. The molecule has 1 saturated heterocycles. The molecule has 168 valence electrons. The van der Waals surface area contributed by atoms with E-state index in [4.69, 9.17) is 14.0 Å². The number of benzene rings is 1. The average Bonchev–Trinajstić information content (AvgIpc) is 3.25. The second kappa shape index (κ2) is 10.8. The van der Waals surface area contributed by atoms with Gasteiger partial charge in [-0.2, -0.15) is 4.98 Å². The molecule has 2 aromatic rings. The monoisotopic (exact) mass is 430 g/mol. The first kappa shape index (κ1) is 22.6. The van der Waals surface area contributed by atoms with Gasteiger partial charge in [0.2, 0.25) is 5.89 Å². The van der Waals surface area contributed by atoms with Crippen LogP contribution in [0.3, 0.4) is 0 Å². The van der Waals surface area contributed by atoms with E-state index in [1.165, 1.54) is 4.90 Å². The molecule has 0 bridgehead atoms. The molecule has 0 atom stereocenters. The molecule has 1 aromatic heterocycles. The number of piperidine rings is 1. The van der Waals surface area contributed by atoms with Gasteiger partial charge in [-0.25, -0.2) is 0 Å². The van der Waals surface area contributed by atoms with Crippen LogP contribution in [-0.4, -0.2) is 65.1 Å². The Kier molecular flexibility index (Phi) is 7.86. The van der Waals surface area contributed by atoms with Crippen LogP contribution in [0.5, 0.6) is 11.5 Å². The SMILES string of the molecule is CCOc1cc(C(=O)N(C)Cc2nc(CC)no2)ccc1OCC(=O)N1CCCCC1. The molecular formula is C22H30N4O5. The van der Waals surface area contributed by atoms with E-state index in [-0.39, 0.29) is 25.0 Å². The number of hydrogen-bond acceptors (Lipinski definition) is 7. The first-order valence-corrected chi connectivity index (χ1v) is 10.8. The standard InChI is InChI=1S/C22H30N4O5/c1-4-19-23-20(31-24-19)14-25(3)22(28)16-9-10-17(18(13-16)29-5-2)30-15-21(27)26-11-7-6-8-12-26/h9-10,13H,4-8,11-12,14-15H2,1-3H3. The number of ether oxygens (including phenoxy) is 2. The van der Waals surface area contributed by atoms with E-state index >= 15 is 0 Å². The summed E-state index contributed by atoms with van der Waals surface area (Å²) in [6.07, 6.45) is 3.89. The minimum absolute atomic E-state index is 0.0342. The maximum atomic E-state index is 12.8. The molecule has 1 aromatic carbocycles. The lowest BCUT2D eigenvalue weighted by atomic mass is 10.1. The Balaban J connectivity index is 1.65. The van der Waals surface area contributed by atoms with Crippen molar-refractivity contribution < 1.29 is 23.6 Å². The Hall–Kier alpha value is -3.10. The van der Waals surface area contributed by atoms with Gasteiger partial charge in [-0.1, -0.05) is 12.1 Å². The summed E-state index contributed by atoms with van der Waals surface area (Å²) in [6, 6.07) is 4.96. The largest absolute Gasteiger partial charge is 0.490 e. The van der Waals surface area contributed by atoms with Crippen LogP contribution in [0.2, 0.25) is 0 Å². The van der Waals surface area contributed by atoms with Crippen LogP contribution in [0.15, 0.2) is 22.7 Å². The molecule has 0 aliphatic carbocycles. The molecule has 9 nitrogen and oxygen atoms in total. The lowest BCUT2D eigenvalue weighted by Crippen LogP contribution is -2.38. The summed E-state index contributed by atoms with van der Waals surface area (Å²) in [5.41, 5.74) is 0.441. The topological polar surface area (TPSA) is 98.0 Å². The van der Waals surface area contributed by atoms with Gasteiger partial charge in [-0.05, 0) is 44.4 Å². The van der Waals surface area contributed by atoms with E-state index in [9.17, 15) is 9.59 Å². The lowest BCUT2D eigenvalue weighted by molar-refractivity contribution is -0.134. The third kappa shape index (κ3) is 5.96. The zero-order valence-electron chi connectivity index (χ0n) is 18.4. The maximum absolute atomic E-state index is 12.8. The molecule has 2 amide bonds. The first-order chi connectivity index (χ1) is 15.0. The quantitative estimate of drug-likeness (QED) is 0.603. The second-order valence-corrected chi connectivity index (χ2v) is 7.44. The summed E-state index contributed by atoms with van der Waals surface area (Å²) in [5.74, 6) is 1.61. The highest BCUT2D eigenvalue weighted by atomic mass is 16.5. The van der Waals surface area contributed by atoms with Gasteiger partial charge in [0.15, 0.2) is 23.9 Å². The molecule has 1 aliphatic rings. The zero-order chi connectivity index (χ0) is 22.2. The lowest BCUT2D eigenvalue weighted by Gasteiger charge is -2.26. The van der Waals surface area contributed by atoms with Crippen molar-refractivity contribution >= 4 is 11.8 Å². The number of carbonyl (C=O) groups excluding carboxylic acids is 2. The van der Waals surface area contributed by atoms with Crippen molar-refractivity contribution in [2.45, 2.75) is 46.1 Å². The van der Waals surface area contributed by atoms with Gasteiger partial charge in [-0.15, -0.1) is 0 Å². The highest BCUT2D eigenvalue weighted by molar-refractivity contribution is 5.94. The van der Waals surface area contributed by atoms with Crippen molar-refractivity contribution in [1.29, 1.82) is 0 Å². The minimum Gasteiger partial charge on any atom is -0.490 e. The van der Waals surface area contributed by atoms with Crippen LogP contribution in [0.1, 0.15) is 55.2 Å². The number of rotatable bonds is 9. The van der Waals surface area contributed by atoms with Crippen molar-refractivity contribution in [2.24, 2.45) is 0 Å². The number of amides is 2. The number of aromatic nitrogens is 2. The zero-order valence-corrected chi connectivity index (χ0v) is 18.4. The van der Waals surface area contributed by atoms with Crippen molar-refractivity contribution in [2.75, 3.05) is 33.4 Å². The summed E-state index contributed by atoms with van der Waals surface area (Å²) in [4.78, 5) is 32.8. The fraction of sp³-hybridized carbons (Fsp3) is 0.545. The van der Waals surface area contributed by atoms with Gasteiger partial charge in [-0.3, -0.25) is 9.59 Å². The third-order valence-electron chi connectivity index (χ3n) is 5.10. The van der Waals surface area contributed by atoms with E-state index in [0.29, 0.717) is 41.8 Å². The fourth-order valence-electron chi connectivity index (χ4n) is 3.40. The molecule has 0 radical (unpaired) electrons. The van der Waals surface area contributed by atoms with E-state index in [2.05, 4.69) is 10.1 Å². The Labute approximate surface area is 182 Å². The molecule has 31 heavy (non-hydrogen) atoms. The minimum atomic E-state index is -0.215. The van der Waals surface area contributed by atoms with Crippen molar-refractivity contribution in [3.8, 4) is 11.5 Å². The van der Waals surface area contributed by atoms with Gasteiger partial charge >= 0.3 is 0 Å². The normalized spacial score (nSPS) is 13.7. The highest BCUT2D eigenvalue weighted by Gasteiger charge is 2.20. The number of likely N-dealkylation sites (tertiary alicyclic amines) is 1. The Bertz CT molecular complexity index is 892. The van der Waals surface area contributed by atoms with Gasteiger partial charge < -0.3 is 23.8 Å². The van der Waals surface area contributed by atoms with E-state index < -0.39 is 0 Å². The molecule has 0 saturated carbocycles. The summed E-state index contributed by atoms with van der Waals surface area (Å²) >= 11 is 0. The van der Waals surface area contributed by atoms with Crippen molar-refractivity contribution in [1.82, 2.24) is 19.9 Å². The smallest absolute Gasteiger partial charge is 0.260 e. The van der Waals surface area contributed by atoms with Gasteiger partial charge in [0.25, 0.3) is 11.8 Å². The molecule has 0 unspecified atom stereocenters. The molecule has 1 aliphatic heterocycles. The van der Waals surface area contributed by atoms with Crippen LogP contribution in [-0.2, 0) is 17.8 Å². The second-order valence-electron chi connectivity index (χ2n) is 7.44. The molecule has 9 heteroatoms. The van der Waals surface area contributed by atoms with E-state index in [1.807, 2.05) is 18.7 Å². The summed E-state index contributed by atoms with van der Waals surface area (Å²) in [5, 5.41) is 3.85. The van der Waals surface area contributed by atoms with Crippen LogP contribution >= 0.6 is 0 Å². The Morgan fingerprint density at radius 3 is 2.58 bits per heavy atom. The molecule has 0 N–H and O–H groups in total. The van der Waals surface area contributed by atoms with Crippen LogP contribution < -0.4 is 9.47 Å². The predicted molar refractivity (Wildman–Crippen MR) is 113 cm³/mol. The van der Waals surface area contributed by atoms with Gasteiger partial charge in [0.05, 0.1) is 13.2 Å². The number of carbonyl (C=O) groups is 2. The van der Waals surface area contributed by atoms with E-state index in [0.717, 1.165) is 32.4 Å². The predicted octanol–water partition coefficient (Wildman–Crippen LogP) is 2.69. The molecule has 0 spiro atoms. The number of nitrogens with zero attached hydrogens (tertiary/aromatic N) is 4. The number of aryl methyl sites for hydroxylation is 1. The summed E-state index contributed by atoms with van der Waals surface area (Å²) in [7, 11) is 1.67. The molecule has 1 fully saturated rings. The summed E-state index contributed by atoms with van der Waals surface area (Å²) < 4.78 is 16.6. The highest BCUT2D eigenvalue weighted by Crippen LogP contribution is 2.29. The van der Waals surface area contributed by atoms with Gasteiger partial charge in [0.1, 0.15) is 0 Å². The maximum Gasteiger partial charge on any atom is 0.260 e. The Morgan fingerprint density at radius 1 is 1.13 bits per heavy atom. The van der Waals surface area contributed by atoms with E-state index in [1.54, 1.807) is 25.2 Å². The van der Waals surface area contributed by atoms with Crippen LogP contribution in [0, 0.1) is 0 Å². The van der Waals surface area contributed by atoms with Gasteiger partial charge in [0, 0.05) is 32.1 Å². The average molecular weight is 431 g/mol. The van der Waals surface area contributed by atoms with Crippen LogP contribution in [0.4, 0.5) is 0 Å². The molecule has 2 heterocycles.